The average Bonchev–Trinajstić information content (AvgIpc) is 2.95. The number of carbonyl (C=O) groups excluding carboxylic acids is 1. The van der Waals surface area contributed by atoms with E-state index in [1.54, 1.807) is 21.3 Å². The molecule has 7 heteroatoms. The number of benzene rings is 2. The first-order chi connectivity index (χ1) is 18.8. The normalized spacial score (nSPS) is 13.5. The highest BCUT2D eigenvalue weighted by Crippen LogP contribution is 2.31. The molecule has 0 aliphatic rings. The quantitative estimate of drug-likeness (QED) is 0.218. The first-order valence-corrected chi connectivity index (χ1v) is 14.2. The highest BCUT2D eigenvalue weighted by molar-refractivity contribution is 5.78. The zero-order chi connectivity index (χ0) is 28.6. The fourth-order valence-electron chi connectivity index (χ4n) is 4.71. The second kappa shape index (κ2) is 17.7. The molecule has 3 atom stereocenters. The number of nitrogens with one attached hydrogen (secondary N) is 1. The third kappa shape index (κ3) is 11.5. The fourth-order valence-corrected chi connectivity index (χ4v) is 4.71. The van der Waals surface area contributed by atoms with Crippen molar-refractivity contribution in [1.29, 1.82) is 0 Å². The molecule has 0 aliphatic carbocycles. The molecule has 0 spiro atoms. The van der Waals surface area contributed by atoms with Crippen molar-refractivity contribution in [2.75, 3.05) is 34.5 Å². The largest absolute Gasteiger partial charge is 0.497 e. The lowest BCUT2D eigenvalue weighted by Crippen LogP contribution is -2.35. The van der Waals surface area contributed by atoms with E-state index < -0.39 is 6.10 Å². The Labute approximate surface area is 235 Å². The van der Waals surface area contributed by atoms with Gasteiger partial charge in [-0.15, -0.1) is 0 Å². The van der Waals surface area contributed by atoms with Crippen molar-refractivity contribution < 1.29 is 28.8 Å². The average molecular weight is 544 g/mol. The molecule has 0 saturated carbocycles. The molecular formula is C32H49NO6. The summed E-state index contributed by atoms with van der Waals surface area (Å²) >= 11 is 0. The summed E-state index contributed by atoms with van der Waals surface area (Å²) in [4.78, 5) is 13.0. The van der Waals surface area contributed by atoms with Crippen molar-refractivity contribution in [2.45, 2.75) is 71.9 Å². The second-order valence-corrected chi connectivity index (χ2v) is 10.5. The summed E-state index contributed by atoms with van der Waals surface area (Å²) in [6, 6.07) is 13.8. The molecule has 218 valence electrons. The van der Waals surface area contributed by atoms with Crippen LogP contribution in [0.3, 0.4) is 0 Å². The molecule has 2 N–H and O–H groups in total. The van der Waals surface area contributed by atoms with E-state index in [-0.39, 0.29) is 17.7 Å². The Morgan fingerprint density at radius 2 is 1.64 bits per heavy atom. The lowest BCUT2D eigenvalue weighted by atomic mass is 9.85. The molecule has 0 bridgehead atoms. The van der Waals surface area contributed by atoms with E-state index in [0.29, 0.717) is 38.5 Å². The number of hydrogen-bond donors (Lipinski definition) is 2. The van der Waals surface area contributed by atoms with E-state index in [2.05, 4.69) is 24.4 Å². The summed E-state index contributed by atoms with van der Waals surface area (Å²) < 4.78 is 21.7. The number of amides is 1. The van der Waals surface area contributed by atoms with Crippen LogP contribution in [-0.4, -0.2) is 51.7 Å². The van der Waals surface area contributed by atoms with Crippen molar-refractivity contribution in [2.24, 2.45) is 17.8 Å². The monoisotopic (exact) mass is 543 g/mol. The Balaban J connectivity index is 1.88. The van der Waals surface area contributed by atoms with Crippen LogP contribution >= 0.6 is 0 Å². The van der Waals surface area contributed by atoms with E-state index in [9.17, 15) is 9.90 Å². The van der Waals surface area contributed by atoms with Crippen LogP contribution in [0.4, 0.5) is 0 Å². The lowest BCUT2D eigenvalue weighted by Gasteiger charge is -2.24. The van der Waals surface area contributed by atoms with E-state index in [1.165, 1.54) is 5.56 Å². The smallest absolute Gasteiger partial charge is 0.223 e. The van der Waals surface area contributed by atoms with Crippen LogP contribution in [-0.2, 0) is 22.5 Å². The summed E-state index contributed by atoms with van der Waals surface area (Å²) in [5.41, 5.74) is 2.21. The van der Waals surface area contributed by atoms with Crippen LogP contribution in [0, 0.1) is 17.8 Å². The Bertz CT molecular complexity index is 962. The maximum absolute atomic E-state index is 13.0. The molecule has 7 nitrogen and oxygen atoms in total. The molecule has 0 saturated heterocycles. The van der Waals surface area contributed by atoms with E-state index in [1.807, 2.05) is 44.2 Å². The van der Waals surface area contributed by atoms with E-state index in [0.717, 1.165) is 48.5 Å². The lowest BCUT2D eigenvalue weighted by molar-refractivity contribution is -0.127. The fraction of sp³-hybridized carbons (Fsp3) is 0.594. The predicted molar refractivity (Wildman–Crippen MR) is 155 cm³/mol. The van der Waals surface area contributed by atoms with Gasteiger partial charge in [-0.2, -0.15) is 0 Å². The van der Waals surface area contributed by atoms with Crippen molar-refractivity contribution >= 4 is 5.91 Å². The van der Waals surface area contributed by atoms with E-state index in [4.69, 9.17) is 18.9 Å². The number of carbonyl (C=O) groups is 1. The van der Waals surface area contributed by atoms with Crippen LogP contribution in [0.25, 0.3) is 0 Å². The Morgan fingerprint density at radius 1 is 0.923 bits per heavy atom. The van der Waals surface area contributed by atoms with Crippen LogP contribution < -0.4 is 19.5 Å². The zero-order valence-corrected chi connectivity index (χ0v) is 24.7. The molecule has 0 aromatic heterocycles. The molecular weight excluding hydrogens is 494 g/mol. The molecule has 2 aromatic rings. The van der Waals surface area contributed by atoms with Gasteiger partial charge in [0.25, 0.3) is 0 Å². The highest BCUT2D eigenvalue weighted by atomic mass is 16.5. The van der Waals surface area contributed by atoms with Gasteiger partial charge in [-0.25, -0.2) is 0 Å². The second-order valence-electron chi connectivity index (χ2n) is 10.5. The molecule has 0 fully saturated rings. The standard InChI is InChI=1S/C32H49NO6/c1-7-24(19-26-12-16-30(38-6)31(20-26)39-18-8-17-36-4)9-13-27(34)21-29(23(2)3)32(35)33-22-25-10-14-28(37-5)15-11-25/h10-12,14-16,20,23-24,27,29,34H,7-9,13,17-19,21-22H2,1-6H3,(H,33,35)/t24-,27-,29?/m1/s1. The Kier molecular flexibility index (Phi) is 14.8. The molecule has 39 heavy (non-hydrogen) atoms. The van der Waals surface area contributed by atoms with Crippen molar-refractivity contribution in [3.8, 4) is 17.2 Å². The van der Waals surface area contributed by atoms with Crippen molar-refractivity contribution in [3.63, 3.8) is 0 Å². The highest BCUT2D eigenvalue weighted by Gasteiger charge is 2.25. The summed E-state index contributed by atoms with van der Waals surface area (Å²) in [6.07, 6.45) is 4.24. The minimum atomic E-state index is -0.520. The first-order valence-electron chi connectivity index (χ1n) is 14.2. The summed E-state index contributed by atoms with van der Waals surface area (Å²) in [6.45, 7) is 7.95. The number of methoxy groups -OCH3 is 3. The van der Waals surface area contributed by atoms with Gasteiger partial charge in [-0.1, -0.05) is 45.4 Å². The number of rotatable bonds is 19. The maximum atomic E-state index is 13.0. The number of aliphatic hydroxyl groups excluding tert-OH is 1. The molecule has 1 amide bonds. The number of aliphatic hydroxyl groups is 1. The van der Waals surface area contributed by atoms with Gasteiger partial charge in [0.2, 0.25) is 5.91 Å². The van der Waals surface area contributed by atoms with Crippen LogP contribution in [0.5, 0.6) is 17.2 Å². The minimum Gasteiger partial charge on any atom is -0.497 e. The summed E-state index contributed by atoms with van der Waals surface area (Å²) in [5, 5.41) is 13.9. The Hall–Kier alpha value is -2.77. The predicted octanol–water partition coefficient (Wildman–Crippen LogP) is 5.81. The van der Waals surface area contributed by atoms with Crippen LogP contribution in [0.15, 0.2) is 42.5 Å². The molecule has 0 aliphatic heterocycles. The molecule has 1 unspecified atom stereocenters. The van der Waals surface area contributed by atoms with Gasteiger partial charge >= 0.3 is 0 Å². The third-order valence-corrected chi connectivity index (χ3v) is 7.28. The van der Waals surface area contributed by atoms with Crippen LogP contribution in [0.2, 0.25) is 0 Å². The topological polar surface area (TPSA) is 86.3 Å². The number of hydrogen-bond acceptors (Lipinski definition) is 6. The minimum absolute atomic E-state index is 0.0110. The van der Waals surface area contributed by atoms with Gasteiger partial charge < -0.3 is 29.4 Å². The van der Waals surface area contributed by atoms with Gasteiger partial charge in [-0.3, -0.25) is 4.79 Å². The maximum Gasteiger partial charge on any atom is 0.223 e. The number of ether oxygens (including phenoxy) is 4. The molecule has 0 radical (unpaired) electrons. The van der Waals surface area contributed by atoms with Gasteiger partial charge in [0, 0.05) is 32.6 Å². The Morgan fingerprint density at radius 3 is 2.26 bits per heavy atom. The van der Waals surface area contributed by atoms with E-state index >= 15 is 0 Å². The SMILES string of the molecule is CC[C@H](CC[C@@H](O)CC(C(=O)NCc1ccc(OC)cc1)C(C)C)Cc1ccc(OC)c(OCCCOC)c1. The summed E-state index contributed by atoms with van der Waals surface area (Å²) in [7, 11) is 4.97. The van der Waals surface area contributed by atoms with Gasteiger partial charge in [0.1, 0.15) is 5.75 Å². The van der Waals surface area contributed by atoms with Gasteiger partial charge in [-0.05, 0) is 72.9 Å². The van der Waals surface area contributed by atoms with Crippen molar-refractivity contribution in [1.82, 2.24) is 5.32 Å². The zero-order valence-electron chi connectivity index (χ0n) is 24.7. The third-order valence-electron chi connectivity index (χ3n) is 7.28. The molecule has 2 rings (SSSR count). The van der Waals surface area contributed by atoms with Gasteiger partial charge in [0.05, 0.1) is 26.9 Å². The van der Waals surface area contributed by atoms with Crippen molar-refractivity contribution in [3.05, 3.63) is 53.6 Å². The molecule has 2 aromatic carbocycles. The first kappa shape index (κ1) is 32.4. The summed E-state index contributed by atoms with van der Waals surface area (Å²) in [5.74, 6) is 2.58. The van der Waals surface area contributed by atoms with Gasteiger partial charge in [0.15, 0.2) is 11.5 Å². The van der Waals surface area contributed by atoms with Crippen LogP contribution in [0.1, 0.15) is 64.0 Å². The molecule has 0 heterocycles.